The Bertz CT molecular complexity index is 486. The van der Waals surface area contributed by atoms with Gasteiger partial charge in [0.2, 0.25) is 0 Å². The normalized spacial score (nSPS) is 14.5. The largest absolute Gasteiger partial charge is 1.00 e. The number of ether oxygens (including phenoxy) is 1. The van der Waals surface area contributed by atoms with E-state index in [0.29, 0.717) is 0 Å². The molecule has 0 amide bonds. The zero-order valence-electron chi connectivity index (χ0n) is 15.0. The lowest BCUT2D eigenvalue weighted by molar-refractivity contribution is -0.896. The highest BCUT2D eigenvalue weighted by Crippen LogP contribution is 2.32. The average molecular weight is 338 g/mol. The number of halogens is 1. The number of hydrogen-bond acceptors (Lipinski definition) is 1. The van der Waals surface area contributed by atoms with Gasteiger partial charge < -0.3 is 22.0 Å². The zero-order valence-corrected chi connectivity index (χ0v) is 15.7. The number of rotatable bonds is 7. The molecular formula is C20H32ClNO. The van der Waals surface area contributed by atoms with E-state index in [1.165, 1.54) is 67.7 Å². The van der Waals surface area contributed by atoms with Crippen molar-refractivity contribution in [2.75, 3.05) is 26.2 Å². The average Bonchev–Trinajstić information content (AvgIpc) is 2.57. The molecule has 1 N–H and O–H groups in total. The minimum Gasteiger partial charge on any atom is -1.00 e. The zero-order chi connectivity index (χ0) is 15.8. The van der Waals surface area contributed by atoms with E-state index in [9.17, 15) is 0 Å². The molecule has 130 valence electrons. The van der Waals surface area contributed by atoms with Gasteiger partial charge in [0, 0.05) is 5.56 Å². The maximum atomic E-state index is 6.34. The smallest absolute Gasteiger partial charge is 0.137 e. The predicted octanol–water partition coefficient (Wildman–Crippen LogP) is 0.616. The molecule has 2 nitrogen and oxygen atoms in total. The van der Waals surface area contributed by atoms with E-state index in [1.54, 1.807) is 4.90 Å². The predicted molar refractivity (Wildman–Crippen MR) is 94.0 cm³/mol. The van der Waals surface area contributed by atoms with Gasteiger partial charge >= 0.3 is 0 Å². The maximum Gasteiger partial charge on any atom is 0.137 e. The molecule has 0 saturated heterocycles. The molecule has 23 heavy (non-hydrogen) atoms. The quantitative estimate of drug-likeness (QED) is 0.720. The first-order valence-corrected chi connectivity index (χ1v) is 9.00. The van der Waals surface area contributed by atoms with Crippen molar-refractivity contribution in [3.05, 3.63) is 41.0 Å². The van der Waals surface area contributed by atoms with Crippen molar-refractivity contribution in [3.8, 4) is 0 Å². The minimum absolute atomic E-state index is 0. The monoisotopic (exact) mass is 337 g/mol. The van der Waals surface area contributed by atoms with Crippen LogP contribution in [-0.2, 0) is 4.74 Å². The van der Waals surface area contributed by atoms with Crippen LogP contribution < -0.4 is 17.3 Å². The summed E-state index contributed by atoms with van der Waals surface area (Å²) in [6.45, 7) is 11.0. The third kappa shape index (κ3) is 5.86. The van der Waals surface area contributed by atoms with Crippen LogP contribution in [0.4, 0.5) is 0 Å². The van der Waals surface area contributed by atoms with Crippen molar-refractivity contribution in [3.63, 3.8) is 0 Å². The molecule has 0 spiro atoms. The highest BCUT2D eigenvalue weighted by Gasteiger charge is 2.16. The number of likely N-dealkylation sites (N-methyl/N-ethyl adjacent to an activating group) is 1. The molecule has 0 aliphatic heterocycles. The second-order valence-electron chi connectivity index (χ2n) is 6.36. The van der Waals surface area contributed by atoms with E-state index >= 15 is 0 Å². The second kappa shape index (κ2) is 10.7. The molecule has 0 atom stereocenters. The van der Waals surface area contributed by atoms with Crippen LogP contribution in [0.15, 0.2) is 29.8 Å². The molecule has 1 aliphatic carbocycles. The van der Waals surface area contributed by atoms with Crippen LogP contribution in [0.5, 0.6) is 0 Å². The number of hydrogen-bond donors (Lipinski definition) is 1. The molecule has 1 aromatic rings. The first-order chi connectivity index (χ1) is 10.8. The Labute approximate surface area is 148 Å². The molecule has 1 aromatic carbocycles. The molecule has 1 saturated carbocycles. The first kappa shape index (κ1) is 20.1. The molecular weight excluding hydrogens is 306 g/mol. The minimum atomic E-state index is 0. The van der Waals surface area contributed by atoms with Crippen LogP contribution in [0.25, 0.3) is 5.76 Å². The molecule has 3 heteroatoms. The number of quaternary nitrogens is 1. The highest BCUT2D eigenvalue weighted by molar-refractivity contribution is 5.66. The van der Waals surface area contributed by atoms with Crippen LogP contribution in [0.1, 0.15) is 57.1 Å². The molecule has 0 aromatic heterocycles. The Balaban J connectivity index is 0.00000264. The van der Waals surface area contributed by atoms with E-state index in [1.807, 2.05) is 0 Å². The van der Waals surface area contributed by atoms with E-state index < -0.39 is 0 Å². The van der Waals surface area contributed by atoms with Crippen molar-refractivity contribution >= 4 is 5.76 Å². The van der Waals surface area contributed by atoms with E-state index in [-0.39, 0.29) is 12.4 Å². The number of allylic oxidation sites excluding steroid dienone is 1. The van der Waals surface area contributed by atoms with Crippen LogP contribution in [0, 0.1) is 6.92 Å². The number of nitrogens with one attached hydrogen (secondary N) is 1. The summed E-state index contributed by atoms with van der Waals surface area (Å²) in [5, 5.41) is 0. The van der Waals surface area contributed by atoms with Crippen molar-refractivity contribution < 1.29 is 22.0 Å². The van der Waals surface area contributed by atoms with Gasteiger partial charge in [0.25, 0.3) is 0 Å². The van der Waals surface area contributed by atoms with E-state index in [4.69, 9.17) is 4.74 Å². The number of aryl methyl sites for hydroxylation is 1. The standard InChI is InChI=1S/C20H31NO.ClH/c1-4-21(5-2)15-16-22-20(18-12-7-6-8-13-18)19-14-10-9-11-17(19)3;/h9-11,14H,4-8,12-13,15-16H2,1-3H3;1H. The summed E-state index contributed by atoms with van der Waals surface area (Å²) in [6, 6.07) is 8.65. The number of benzene rings is 1. The summed E-state index contributed by atoms with van der Waals surface area (Å²) >= 11 is 0. The third-order valence-electron chi connectivity index (χ3n) is 4.87. The first-order valence-electron chi connectivity index (χ1n) is 9.00. The van der Waals surface area contributed by atoms with Crippen LogP contribution in [0.3, 0.4) is 0 Å². The Morgan fingerprint density at radius 1 is 1.04 bits per heavy atom. The van der Waals surface area contributed by atoms with Crippen molar-refractivity contribution in [1.29, 1.82) is 0 Å². The van der Waals surface area contributed by atoms with Gasteiger partial charge in [-0.15, -0.1) is 0 Å². The van der Waals surface area contributed by atoms with Gasteiger partial charge in [0.1, 0.15) is 18.9 Å². The maximum absolute atomic E-state index is 6.34. The summed E-state index contributed by atoms with van der Waals surface area (Å²) in [7, 11) is 0. The van der Waals surface area contributed by atoms with Gasteiger partial charge in [-0.3, -0.25) is 0 Å². The topological polar surface area (TPSA) is 13.7 Å². The molecule has 0 bridgehead atoms. The molecule has 0 radical (unpaired) electrons. The van der Waals surface area contributed by atoms with E-state index in [2.05, 4.69) is 45.0 Å². The van der Waals surface area contributed by atoms with Crippen molar-refractivity contribution in [2.45, 2.75) is 52.9 Å². The van der Waals surface area contributed by atoms with Crippen molar-refractivity contribution in [1.82, 2.24) is 0 Å². The lowest BCUT2D eigenvalue weighted by Crippen LogP contribution is -3.11. The van der Waals surface area contributed by atoms with Crippen LogP contribution in [0.2, 0.25) is 0 Å². The van der Waals surface area contributed by atoms with Crippen molar-refractivity contribution in [2.24, 2.45) is 0 Å². The SMILES string of the molecule is CC[NH+](CC)CCOC(=C1CCCCC1)c1ccccc1C.[Cl-]. The van der Waals surface area contributed by atoms with Gasteiger partial charge in [0.05, 0.1) is 13.1 Å². The molecule has 1 aliphatic rings. The van der Waals surface area contributed by atoms with Gasteiger partial charge in [-0.25, -0.2) is 0 Å². The molecule has 0 heterocycles. The van der Waals surface area contributed by atoms with Crippen LogP contribution in [-0.4, -0.2) is 26.2 Å². The summed E-state index contributed by atoms with van der Waals surface area (Å²) in [6.07, 6.45) is 6.42. The fraction of sp³-hybridized carbons (Fsp3) is 0.600. The van der Waals surface area contributed by atoms with Gasteiger partial charge in [0.15, 0.2) is 0 Å². The third-order valence-corrected chi connectivity index (χ3v) is 4.87. The van der Waals surface area contributed by atoms with E-state index in [0.717, 1.165) is 13.2 Å². The lowest BCUT2D eigenvalue weighted by Gasteiger charge is -2.22. The fourth-order valence-corrected chi connectivity index (χ4v) is 3.30. The van der Waals surface area contributed by atoms with Gasteiger partial charge in [-0.1, -0.05) is 30.7 Å². The molecule has 2 rings (SSSR count). The van der Waals surface area contributed by atoms with Gasteiger partial charge in [-0.2, -0.15) is 0 Å². The highest BCUT2D eigenvalue weighted by atomic mass is 35.5. The Morgan fingerprint density at radius 2 is 1.70 bits per heavy atom. The molecule has 0 unspecified atom stereocenters. The lowest BCUT2D eigenvalue weighted by atomic mass is 9.91. The summed E-state index contributed by atoms with van der Waals surface area (Å²) in [5.74, 6) is 1.18. The van der Waals surface area contributed by atoms with Gasteiger partial charge in [-0.05, 0) is 57.6 Å². The Kier molecular flexibility index (Phi) is 9.35. The summed E-state index contributed by atoms with van der Waals surface area (Å²) in [5.41, 5.74) is 4.16. The van der Waals surface area contributed by atoms with Crippen LogP contribution >= 0.6 is 0 Å². The summed E-state index contributed by atoms with van der Waals surface area (Å²) in [4.78, 5) is 1.61. The fourth-order valence-electron chi connectivity index (χ4n) is 3.30. The second-order valence-corrected chi connectivity index (χ2v) is 6.36. The Hall–Kier alpha value is -0.990. The Morgan fingerprint density at radius 3 is 2.30 bits per heavy atom. The summed E-state index contributed by atoms with van der Waals surface area (Å²) < 4.78 is 6.34. The molecule has 1 fully saturated rings.